The Labute approximate surface area is 212 Å². The fourth-order valence-electron chi connectivity index (χ4n) is 4.51. The molecule has 6 nitrogen and oxygen atoms in total. The number of anilines is 1. The number of aliphatic imine (C=N–C) groups is 1. The summed E-state index contributed by atoms with van der Waals surface area (Å²) in [4.78, 5) is 31.5. The van der Waals surface area contributed by atoms with E-state index in [1.807, 2.05) is 54.6 Å². The average Bonchev–Trinajstić information content (AvgIpc) is 3.14. The third-order valence-electron chi connectivity index (χ3n) is 6.54. The summed E-state index contributed by atoms with van der Waals surface area (Å²) in [6, 6.07) is 21.7. The quantitative estimate of drug-likeness (QED) is 0.374. The van der Waals surface area contributed by atoms with E-state index < -0.39 is 11.9 Å². The molecule has 0 radical (unpaired) electrons. The minimum absolute atomic E-state index is 0.0807. The molecule has 0 aliphatic carbocycles. The van der Waals surface area contributed by atoms with Crippen LogP contribution >= 0.6 is 15.9 Å². The number of carbonyl (C=O) groups is 2. The van der Waals surface area contributed by atoms with Crippen molar-refractivity contribution >= 4 is 44.9 Å². The van der Waals surface area contributed by atoms with Gasteiger partial charge in [-0.05, 0) is 72.5 Å². The first-order chi connectivity index (χ1) is 17.0. The predicted octanol–water partition coefficient (Wildman–Crippen LogP) is 5.53. The number of likely N-dealkylation sites (tertiary alicyclic amines) is 1. The SMILES string of the molecule is O=C(O)CCc1ccc(C(=Nc2ccc(CN3CCC3)cc2)C2C(=O)Nc3cc(Br)ccc32)cc1. The summed E-state index contributed by atoms with van der Waals surface area (Å²) in [5, 5.41) is 12.0. The van der Waals surface area contributed by atoms with Gasteiger partial charge in [-0.3, -0.25) is 19.5 Å². The Hall–Kier alpha value is -3.29. The number of hydrogen-bond acceptors (Lipinski definition) is 4. The molecule has 1 atom stereocenters. The van der Waals surface area contributed by atoms with Gasteiger partial charge in [0.1, 0.15) is 5.92 Å². The molecule has 2 N–H and O–H groups in total. The van der Waals surface area contributed by atoms with Crippen LogP contribution in [0.15, 0.2) is 76.2 Å². The van der Waals surface area contributed by atoms with Gasteiger partial charge >= 0.3 is 5.97 Å². The zero-order valence-corrected chi connectivity index (χ0v) is 20.8. The van der Waals surface area contributed by atoms with Crippen molar-refractivity contribution in [2.45, 2.75) is 31.7 Å². The number of aryl methyl sites for hydroxylation is 1. The normalized spacial score (nSPS) is 17.6. The standard InChI is InChI=1S/C28H26BrN3O3/c29-21-9-12-23-24(16-21)31-28(35)26(23)27(20-7-2-18(3-8-20)6-13-25(33)34)30-22-10-4-19(5-11-22)17-32-14-1-15-32/h2-5,7-12,16,26H,1,6,13-15,17H2,(H,31,35)(H,33,34). The van der Waals surface area contributed by atoms with Gasteiger partial charge in [0.15, 0.2) is 0 Å². The van der Waals surface area contributed by atoms with E-state index in [4.69, 9.17) is 10.1 Å². The van der Waals surface area contributed by atoms with Gasteiger partial charge < -0.3 is 10.4 Å². The van der Waals surface area contributed by atoms with Gasteiger partial charge in [-0.25, -0.2) is 0 Å². The molecule has 178 valence electrons. The lowest BCUT2D eigenvalue weighted by atomic mass is 9.90. The molecule has 1 unspecified atom stereocenters. The highest BCUT2D eigenvalue weighted by Gasteiger charge is 2.35. The summed E-state index contributed by atoms with van der Waals surface area (Å²) in [5.74, 6) is -1.47. The topological polar surface area (TPSA) is 82.0 Å². The lowest BCUT2D eigenvalue weighted by Gasteiger charge is -2.30. The first-order valence-electron chi connectivity index (χ1n) is 11.8. The molecule has 1 fully saturated rings. The van der Waals surface area contributed by atoms with Gasteiger partial charge in [-0.2, -0.15) is 0 Å². The number of fused-ring (bicyclic) bond motifs is 1. The molecule has 3 aromatic rings. The van der Waals surface area contributed by atoms with Crippen LogP contribution in [0.25, 0.3) is 0 Å². The lowest BCUT2D eigenvalue weighted by Crippen LogP contribution is -2.36. The molecule has 3 aromatic carbocycles. The van der Waals surface area contributed by atoms with Gasteiger partial charge in [0, 0.05) is 23.1 Å². The van der Waals surface area contributed by atoms with Gasteiger partial charge in [0.2, 0.25) is 5.91 Å². The highest BCUT2D eigenvalue weighted by atomic mass is 79.9. The predicted molar refractivity (Wildman–Crippen MR) is 140 cm³/mol. The molecule has 35 heavy (non-hydrogen) atoms. The first-order valence-corrected chi connectivity index (χ1v) is 12.6. The summed E-state index contributed by atoms with van der Waals surface area (Å²) in [5.41, 5.74) is 6.16. The van der Waals surface area contributed by atoms with Crippen LogP contribution in [0.1, 0.15) is 41.0 Å². The summed E-state index contributed by atoms with van der Waals surface area (Å²) in [6.45, 7) is 3.25. The van der Waals surface area contributed by atoms with Crippen molar-refractivity contribution in [3.05, 3.63) is 93.5 Å². The average molecular weight is 532 g/mol. The highest BCUT2D eigenvalue weighted by Crippen LogP contribution is 2.38. The van der Waals surface area contributed by atoms with Crippen molar-refractivity contribution in [1.29, 1.82) is 0 Å². The van der Waals surface area contributed by atoms with Gasteiger partial charge in [0.25, 0.3) is 0 Å². The van der Waals surface area contributed by atoms with E-state index in [0.717, 1.165) is 52.2 Å². The largest absolute Gasteiger partial charge is 0.481 e. The minimum Gasteiger partial charge on any atom is -0.481 e. The van der Waals surface area contributed by atoms with Gasteiger partial charge in [0.05, 0.1) is 11.4 Å². The second-order valence-electron chi connectivity index (χ2n) is 9.04. The molecule has 0 bridgehead atoms. The molecule has 1 amide bonds. The minimum atomic E-state index is -0.820. The summed E-state index contributed by atoms with van der Waals surface area (Å²) >= 11 is 3.48. The molecule has 0 saturated carbocycles. The van der Waals surface area contributed by atoms with E-state index in [2.05, 4.69) is 38.3 Å². The molecule has 2 aliphatic rings. The number of carbonyl (C=O) groups excluding carboxylic acids is 1. The number of carboxylic acid groups (broad SMARTS) is 1. The zero-order valence-electron chi connectivity index (χ0n) is 19.2. The summed E-state index contributed by atoms with van der Waals surface area (Å²) in [7, 11) is 0. The number of aliphatic carboxylic acids is 1. The molecular weight excluding hydrogens is 506 g/mol. The van der Waals surface area contributed by atoms with Crippen LogP contribution in [-0.4, -0.2) is 40.7 Å². The van der Waals surface area contributed by atoms with E-state index in [1.54, 1.807) is 0 Å². The number of nitrogens with zero attached hydrogens (tertiary/aromatic N) is 2. The summed E-state index contributed by atoms with van der Waals surface area (Å²) in [6.07, 6.45) is 1.81. The Morgan fingerprint density at radius 2 is 1.74 bits per heavy atom. The van der Waals surface area contributed by atoms with E-state index in [-0.39, 0.29) is 12.3 Å². The Morgan fingerprint density at radius 1 is 1.03 bits per heavy atom. The number of carboxylic acids is 1. The van der Waals surface area contributed by atoms with E-state index >= 15 is 0 Å². The fraction of sp³-hybridized carbons (Fsp3) is 0.250. The number of benzene rings is 3. The number of amides is 1. The van der Waals surface area contributed by atoms with Crippen molar-refractivity contribution in [3.63, 3.8) is 0 Å². The maximum Gasteiger partial charge on any atom is 0.303 e. The van der Waals surface area contributed by atoms with E-state index in [9.17, 15) is 9.59 Å². The van der Waals surface area contributed by atoms with Gasteiger partial charge in [-0.15, -0.1) is 0 Å². The van der Waals surface area contributed by atoms with E-state index in [1.165, 1.54) is 12.0 Å². The van der Waals surface area contributed by atoms with Crippen LogP contribution in [0.2, 0.25) is 0 Å². The Kier molecular flexibility index (Phi) is 6.79. The third kappa shape index (κ3) is 5.36. The van der Waals surface area contributed by atoms with Gasteiger partial charge in [-0.1, -0.05) is 58.4 Å². The smallest absolute Gasteiger partial charge is 0.303 e. The van der Waals surface area contributed by atoms with Crippen LogP contribution in [0.5, 0.6) is 0 Å². The number of halogens is 1. The second kappa shape index (κ2) is 10.1. The van der Waals surface area contributed by atoms with Crippen LogP contribution in [0.3, 0.4) is 0 Å². The summed E-state index contributed by atoms with van der Waals surface area (Å²) < 4.78 is 0.899. The molecule has 5 rings (SSSR count). The van der Waals surface area contributed by atoms with Crippen molar-refractivity contribution in [2.75, 3.05) is 18.4 Å². The van der Waals surface area contributed by atoms with E-state index in [0.29, 0.717) is 12.1 Å². The first kappa shape index (κ1) is 23.5. The number of rotatable bonds is 8. The number of nitrogens with one attached hydrogen (secondary N) is 1. The molecule has 2 heterocycles. The molecule has 1 saturated heterocycles. The Bertz CT molecular complexity index is 1280. The van der Waals surface area contributed by atoms with Crippen molar-refractivity contribution in [3.8, 4) is 0 Å². The fourth-order valence-corrected chi connectivity index (χ4v) is 4.87. The van der Waals surface area contributed by atoms with Crippen LogP contribution in [-0.2, 0) is 22.6 Å². The monoisotopic (exact) mass is 531 g/mol. The zero-order chi connectivity index (χ0) is 24.4. The van der Waals surface area contributed by atoms with Crippen LogP contribution in [0, 0.1) is 0 Å². The van der Waals surface area contributed by atoms with Crippen molar-refractivity contribution < 1.29 is 14.7 Å². The second-order valence-corrected chi connectivity index (χ2v) is 9.95. The Balaban J connectivity index is 1.49. The third-order valence-corrected chi connectivity index (χ3v) is 7.03. The van der Waals surface area contributed by atoms with Crippen molar-refractivity contribution in [2.24, 2.45) is 4.99 Å². The maximum atomic E-state index is 13.1. The highest BCUT2D eigenvalue weighted by molar-refractivity contribution is 9.10. The maximum absolute atomic E-state index is 13.1. The molecule has 0 spiro atoms. The lowest BCUT2D eigenvalue weighted by molar-refractivity contribution is -0.137. The molecule has 0 aromatic heterocycles. The number of hydrogen-bond donors (Lipinski definition) is 2. The molecular formula is C28H26BrN3O3. The van der Waals surface area contributed by atoms with Crippen LogP contribution < -0.4 is 5.32 Å². The van der Waals surface area contributed by atoms with Crippen LogP contribution in [0.4, 0.5) is 11.4 Å². The Morgan fingerprint density at radius 3 is 2.40 bits per heavy atom. The molecule has 7 heteroatoms. The molecule has 2 aliphatic heterocycles. The van der Waals surface area contributed by atoms with Crippen molar-refractivity contribution in [1.82, 2.24) is 4.90 Å².